The van der Waals surface area contributed by atoms with E-state index in [1.165, 1.54) is 6.92 Å². The Morgan fingerprint density at radius 1 is 1.42 bits per heavy atom. The van der Waals surface area contributed by atoms with Crippen LogP contribution in [-0.4, -0.2) is 53.9 Å². The number of fused-ring (bicyclic) bond motifs is 1. The molecule has 8 nitrogen and oxygen atoms in total. The van der Waals surface area contributed by atoms with Crippen LogP contribution in [0.25, 0.3) is 0 Å². The van der Waals surface area contributed by atoms with Crippen molar-refractivity contribution in [2.45, 2.75) is 52.9 Å². The van der Waals surface area contributed by atoms with Crippen molar-refractivity contribution in [3.63, 3.8) is 0 Å². The summed E-state index contributed by atoms with van der Waals surface area (Å²) >= 11 is 0. The van der Waals surface area contributed by atoms with Gasteiger partial charge in [0, 0.05) is 32.6 Å². The Balaban J connectivity index is 1.90. The Kier molecular flexibility index (Phi) is 6.36. The van der Waals surface area contributed by atoms with Crippen LogP contribution in [0.4, 0.5) is 0 Å². The van der Waals surface area contributed by atoms with Crippen LogP contribution in [0.15, 0.2) is 6.07 Å². The first kappa shape index (κ1) is 18.9. The molecule has 0 aliphatic carbocycles. The molecule has 136 valence electrons. The highest BCUT2D eigenvalue weighted by atomic mass is 32.2. The van der Waals surface area contributed by atoms with Gasteiger partial charge in [0.15, 0.2) is 0 Å². The summed E-state index contributed by atoms with van der Waals surface area (Å²) in [6.07, 6.45) is 0.615. The van der Waals surface area contributed by atoms with Crippen LogP contribution in [0.3, 0.4) is 0 Å². The number of hydrogen-bond acceptors (Lipinski definition) is 5. The van der Waals surface area contributed by atoms with Gasteiger partial charge in [-0.05, 0) is 19.4 Å². The standard InChI is InChI=1S/C15H27N5O3S/c1-4-7-24(22,23)17-9-12(2)19-5-6-20-15(11-19)8-14(18-20)10-16-13(3)21/h8,12,17H,4-7,9-11H2,1-3H3,(H,16,21)/t12-/m1/s1. The number of hydrogen-bond donors (Lipinski definition) is 2. The maximum Gasteiger partial charge on any atom is 0.217 e. The average Bonchev–Trinajstić information content (AvgIpc) is 2.92. The van der Waals surface area contributed by atoms with Gasteiger partial charge in [-0.3, -0.25) is 14.4 Å². The van der Waals surface area contributed by atoms with Crippen LogP contribution in [0, 0.1) is 0 Å². The third-order valence-corrected chi connectivity index (χ3v) is 5.64. The topological polar surface area (TPSA) is 96.3 Å². The Hall–Kier alpha value is -1.45. The lowest BCUT2D eigenvalue weighted by Gasteiger charge is -2.32. The molecular weight excluding hydrogens is 330 g/mol. The first-order chi connectivity index (χ1) is 11.3. The minimum Gasteiger partial charge on any atom is -0.351 e. The van der Waals surface area contributed by atoms with Gasteiger partial charge >= 0.3 is 0 Å². The van der Waals surface area contributed by atoms with Gasteiger partial charge in [-0.15, -0.1) is 0 Å². The summed E-state index contributed by atoms with van der Waals surface area (Å²) in [5.41, 5.74) is 1.93. The van der Waals surface area contributed by atoms with E-state index >= 15 is 0 Å². The number of amides is 1. The van der Waals surface area contributed by atoms with E-state index in [0.717, 1.165) is 31.0 Å². The van der Waals surface area contributed by atoms with Crippen LogP contribution in [0.2, 0.25) is 0 Å². The van der Waals surface area contributed by atoms with Crippen molar-refractivity contribution >= 4 is 15.9 Å². The van der Waals surface area contributed by atoms with Crippen LogP contribution in [0.1, 0.15) is 38.6 Å². The molecule has 1 aliphatic heterocycles. The molecule has 0 bridgehead atoms. The van der Waals surface area contributed by atoms with Crippen molar-refractivity contribution in [3.8, 4) is 0 Å². The Morgan fingerprint density at radius 2 is 2.17 bits per heavy atom. The van der Waals surface area contributed by atoms with Crippen LogP contribution < -0.4 is 10.0 Å². The van der Waals surface area contributed by atoms with E-state index in [9.17, 15) is 13.2 Å². The van der Waals surface area contributed by atoms with Crippen molar-refractivity contribution in [2.24, 2.45) is 0 Å². The molecule has 0 unspecified atom stereocenters. The molecule has 1 aliphatic rings. The van der Waals surface area contributed by atoms with Gasteiger partial charge in [-0.1, -0.05) is 6.92 Å². The van der Waals surface area contributed by atoms with Gasteiger partial charge in [-0.2, -0.15) is 5.10 Å². The highest BCUT2D eigenvalue weighted by Crippen LogP contribution is 2.16. The van der Waals surface area contributed by atoms with Crippen molar-refractivity contribution < 1.29 is 13.2 Å². The molecule has 1 aromatic rings. The van der Waals surface area contributed by atoms with Crippen molar-refractivity contribution in [1.82, 2.24) is 24.7 Å². The first-order valence-electron chi connectivity index (χ1n) is 8.32. The van der Waals surface area contributed by atoms with Crippen molar-refractivity contribution in [1.29, 1.82) is 0 Å². The summed E-state index contributed by atoms with van der Waals surface area (Å²) in [7, 11) is -3.17. The summed E-state index contributed by atoms with van der Waals surface area (Å²) < 4.78 is 28.2. The molecule has 0 saturated carbocycles. The lowest BCUT2D eigenvalue weighted by Crippen LogP contribution is -2.45. The fourth-order valence-electron chi connectivity index (χ4n) is 2.74. The van der Waals surface area contributed by atoms with Gasteiger partial charge in [-0.25, -0.2) is 13.1 Å². The van der Waals surface area contributed by atoms with Gasteiger partial charge in [0.05, 0.1) is 30.2 Å². The fraction of sp³-hybridized carbons (Fsp3) is 0.733. The minimum absolute atomic E-state index is 0.0735. The number of nitrogens with zero attached hydrogens (tertiary/aromatic N) is 3. The molecular formula is C15H27N5O3S. The van der Waals surface area contributed by atoms with E-state index in [1.54, 1.807) is 0 Å². The molecule has 0 radical (unpaired) electrons. The van der Waals surface area contributed by atoms with Gasteiger partial charge in [0.25, 0.3) is 0 Å². The first-order valence-corrected chi connectivity index (χ1v) is 9.97. The molecule has 1 atom stereocenters. The highest BCUT2D eigenvalue weighted by Gasteiger charge is 2.23. The van der Waals surface area contributed by atoms with Crippen LogP contribution in [0.5, 0.6) is 0 Å². The monoisotopic (exact) mass is 357 g/mol. The lowest BCUT2D eigenvalue weighted by molar-refractivity contribution is -0.119. The molecule has 1 aromatic heterocycles. The van der Waals surface area contributed by atoms with E-state index in [-0.39, 0.29) is 17.7 Å². The van der Waals surface area contributed by atoms with Gasteiger partial charge < -0.3 is 5.32 Å². The van der Waals surface area contributed by atoms with Crippen molar-refractivity contribution in [3.05, 3.63) is 17.5 Å². The zero-order valence-electron chi connectivity index (χ0n) is 14.6. The Labute approximate surface area is 143 Å². The van der Waals surface area contributed by atoms with E-state index in [4.69, 9.17) is 0 Å². The second-order valence-corrected chi connectivity index (χ2v) is 8.17. The summed E-state index contributed by atoms with van der Waals surface area (Å²) in [6.45, 7) is 8.53. The van der Waals surface area contributed by atoms with E-state index in [2.05, 4.69) is 20.0 Å². The van der Waals surface area contributed by atoms with Gasteiger partial charge in [0.1, 0.15) is 0 Å². The third-order valence-electron chi connectivity index (χ3n) is 4.09. The second-order valence-electron chi connectivity index (χ2n) is 6.25. The number of carbonyl (C=O) groups excluding carboxylic acids is 1. The summed E-state index contributed by atoms with van der Waals surface area (Å²) in [6, 6.07) is 2.11. The normalized spacial score (nSPS) is 16.6. The maximum atomic E-state index is 11.8. The predicted octanol–water partition coefficient (Wildman–Crippen LogP) is 0.0527. The lowest BCUT2D eigenvalue weighted by atomic mass is 10.2. The fourth-order valence-corrected chi connectivity index (χ4v) is 3.92. The van der Waals surface area contributed by atoms with Crippen LogP contribution >= 0.6 is 0 Å². The van der Waals surface area contributed by atoms with E-state index in [0.29, 0.717) is 19.5 Å². The van der Waals surface area contributed by atoms with Crippen LogP contribution in [-0.2, 0) is 34.5 Å². The quantitative estimate of drug-likeness (QED) is 0.685. The third kappa shape index (κ3) is 5.29. The van der Waals surface area contributed by atoms with Crippen molar-refractivity contribution in [2.75, 3.05) is 18.8 Å². The molecule has 2 N–H and O–H groups in total. The molecule has 2 rings (SSSR count). The number of carbonyl (C=O) groups is 1. The molecule has 9 heteroatoms. The Morgan fingerprint density at radius 3 is 2.83 bits per heavy atom. The zero-order chi connectivity index (χ0) is 17.7. The SMILES string of the molecule is CCCS(=O)(=O)NC[C@@H](C)N1CCn2nc(CNC(C)=O)cc2C1. The molecule has 0 fully saturated rings. The molecule has 2 heterocycles. The molecule has 24 heavy (non-hydrogen) atoms. The largest absolute Gasteiger partial charge is 0.351 e. The number of nitrogens with one attached hydrogen (secondary N) is 2. The average molecular weight is 357 g/mol. The summed E-state index contributed by atoms with van der Waals surface area (Å²) in [5, 5.41) is 7.24. The number of sulfonamides is 1. The maximum absolute atomic E-state index is 11.8. The Bertz CT molecular complexity index is 671. The van der Waals surface area contributed by atoms with Gasteiger partial charge in [0.2, 0.25) is 15.9 Å². The number of aromatic nitrogens is 2. The predicted molar refractivity (Wildman–Crippen MR) is 91.7 cm³/mol. The second kappa shape index (κ2) is 8.09. The molecule has 0 spiro atoms. The highest BCUT2D eigenvalue weighted by molar-refractivity contribution is 7.89. The molecule has 1 amide bonds. The van der Waals surface area contributed by atoms with E-state index in [1.807, 2.05) is 24.6 Å². The molecule has 0 aromatic carbocycles. The summed E-state index contributed by atoms with van der Waals surface area (Å²) in [5.74, 6) is 0.0921. The van der Waals surface area contributed by atoms with E-state index < -0.39 is 10.0 Å². The number of rotatable bonds is 8. The zero-order valence-corrected chi connectivity index (χ0v) is 15.4. The smallest absolute Gasteiger partial charge is 0.217 e. The molecule has 0 saturated heterocycles. The minimum atomic E-state index is -3.17. The summed E-state index contributed by atoms with van der Waals surface area (Å²) in [4.78, 5) is 13.2.